The summed E-state index contributed by atoms with van der Waals surface area (Å²) in [6, 6.07) is 13.3. The van der Waals surface area contributed by atoms with Crippen molar-refractivity contribution in [1.82, 2.24) is 5.32 Å². The Kier molecular flexibility index (Phi) is 4.48. The lowest BCUT2D eigenvalue weighted by Gasteiger charge is -2.23. The van der Waals surface area contributed by atoms with Gasteiger partial charge < -0.3 is 15.2 Å². The van der Waals surface area contributed by atoms with Crippen molar-refractivity contribution in [2.45, 2.75) is 32.4 Å². The zero-order valence-electron chi connectivity index (χ0n) is 12.6. The number of hydrogen-bond acceptors (Lipinski definition) is 3. The van der Waals surface area contributed by atoms with Crippen LogP contribution in [0.1, 0.15) is 32.4 Å². The third-order valence-corrected chi connectivity index (χ3v) is 3.05. The van der Waals surface area contributed by atoms with Crippen molar-refractivity contribution in [2.24, 2.45) is 0 Å². The van der Waals surface area contributed by atoms with Crippen LogP contribution in [0.4, 0.5) is 4.79 Å². The van der Waals surface area contributed by atoms with Gasteiger partial charge in [-0.1, -0.05) is 36.4 Å². The summed E-state index contributed by atoms with van der Waals surface area (Å²) >= 11 is 0. The number of nitrogens with one attached hydrogen (secondary N) is 1. The van der Waals surface area contributed by atoms with E-state index in [1.807, 2.05) is 42.5 Å². The second kappa shape index (κ2) is 6.14. The number of carbonyl (C=O) groups is 1. The normalized spacial score (nSPS) is 13.0. The van der Waals surface area contributed by atoms with E-state index in [0.29, 0.717) is 0 Å². The lowest BCUT2D eigenvalue weighted by atomic mass is 10.0. The molecular weight excluding hydrogens is 266 g/mol. The lowest BCUT2D eigenvalue weighted by molar-refractivity contribution is 0.0482. The molecule has 0 aliphatic heterocycles. The molecule has 1 amide bonds. The molecule has 2 aromatic carbocycles. The van der Waals surface area contributed by atoms with E-state index in [9.17, 15) is 9.90 Å². The fourth-order valence-corrected chi connectivity index (χ4v) is 2.11. The Morgan fingerprint density at radius 2 is 1.86 bits per heavy atom. The van der Waals surface area contributed by atoms with Gasteiger partial charge >= 0.3 is 6.09 Å². The summed E-state index contributed by atoms with van der Waals surface area (Å²) in [6.07, 6.45) is -0.533. The summed E-state index contributed by atoms with van der Waals surface area (Å²) in [4.78, 5) is 11.8. The summed E-state index contributed by atoms with van der Waals surface area (Å²) < 4.78 is 5.22. The number of aliphatic hydroxyl groups excluding tert-OH is 1. The van der Waals surface area contributed by atoms with E-state index in [4.69, 9.17) is 4.74 Å². The Balaban J connectivity index is 2.17. The van der Waals surface area contributed by atoms with Gasteiger partial charge in [-0.3, -0.25) is 0 Å². The molecule has 4 heteroatoms. The van der Waals surface area contributed by atoms with Gasteiger partial charge in [-0.05, 0) is 43.2 Å². The number of hydrogen-bond donors (Lipinski definition) is 2. The topological polar surface area (TPSA) is 58.6 Å². The van der Waals surface area contributed by atoms with Crippen LogP contribution in [0.15, 0.2) is 42.5 Å². The summed E-state index contributed by atoms with van der Waals surface area (Å²) in [5.74, 6) is 0. The number of benzene rings is 2. The quantitative estimate of drug-likeness (QED) is 0.909. The van der Waals surface area contributed by atoms with Crippen LogP contribution in [-0.4, -0.2) is 23.4 Å². The predicted molar refractivity (Wildman–Crippen MR) is 83.1 cm³/mol. The van der Waals surface area contributed by atoms with Crippen LogP contribution in [0.25, 0.3) is 10.8 Å². The fraction of sp³-hybridized carbons (Fsp3) is 0.353. The second-order valence-corrected chi connectivity index (χ2v) is 5.99. The summed E-state index contributed by atoms with van der Waals surface area (Å²) in [7, 11) is 0. The first-order valence-electron chi connectivity index (χ1n) is 6.98. The minimum absolute atomic E-state index is 0.183. The Morgan fingerprint density at radius 3 is 2.48 bits per heavy atom. The average Bonchev–Trinajstić information content (AvgIpc) is 2.42. The van der Waals surface area contributed by atoms with Crippen LogP contribution in [0.2, 0.25) is 0 Å². The Hall–Kier alpha value is -2.07. The average molecular weight is 287 g/mol. The SMILES string of the molecule is CC(C)(C)OC(=O)N[C@@H](CO)c1ccc2ccccc2c1. The van der Waals surface area contributed by atoms with E-state index in [2.05, 4.69) is 5.32 Å². The van der Waals surface area contributed by atoms with Crippen LogP contribution in [0.5, 0.6) is 0 Å². The molecule has 0 spiro atoms. The highest BCUT2D eigenvalue weighted by molar-refractivity contribution is 5.83. The molecule has 0 aliphatic rings. The molecule has 0 aliphatic carbocycles. The molecule has 4 nitrogen and oxygen atoms in total. The summed E-state index contributed by atoms with van der Waals surface area (Å²) in [5.41, 5.74) is 0.287. The minimum atomic E-state index is -0.562. The third-order valence-electron chi connectivity index (χ3n) is 3.05. The Labute approximate surface area is 124 Å². The van der Waals surface area contributed by atoms with E-state index in [1.165, 1.54) is 0 Å². The van der Waals surface area contributed by atoms with Crippen molar-refractivity contribution in [3.05, 3.63) is 48.0 Å². The highest BCUT2D eigenvalue weighted by Crippen LogP contribution is 2.20. The van der Waals surface area contributed by atoms with Crippen LogP contribution in [0.3, 0.4) is 0 Å². The molecule has 2 N–H and O–H groups in total. The van der Waals surface area contributed by atoms with Crippen molar-refractivity contribution in [2.75, 3.05) is 6.61 Å². The standard InChI is InChI=1S/C17H21NO3/c1-17(2,3)21-16(20)18-15(11-19)14-9-8-12-6-4-5-7-13(12)10-14/h4-10,15,19H,11H2,1-3H3,(H,18,20)/t15-/m0/s1. The number of amides is 1. The number of carbonyl (C=O) groups excluding carboxylic acids is 1. The highest BCUT2D eigenvalue weighted by Gasteiger charge is 2.20. The smallest absolute Gasteiger partial charge is 0.408 e. The molecule has 0 radical (unpaired) electrons. The Morgan fingerprint density at radius 1 is 1.19 bits per heavy atom. The van der Waals surface area contributed by atoms with Gasteiger partial charge in [0.25, 0.3) is 0 Å². The first kappa shape index (κ1) is 15.3. The van der Waals surface area contributed by atoms with Crippen molar-refractivity contribution in [3.8, 4) is 0 Å². The van der Waals surface area contributed by atoms with Crippen molar-refractivity contribution >= 4 is 16.9 Å². The highest BCUT2D eigenvalue weighted by atomic mass is 16.6. The maximum atomic E-state index is 11.8. The van der Waals surface area contributed by atoms with Crippen LogP contribution >= 0.6 is 0 Å². The van der Waals surface area contributed by atoms with Gasteiger partial charge in [0.1, 0.15) is 5.60 Å². The number of fused-ring (bicyclic) bond motifs is 1. The van der Waals surface area contributed by atoms with Gasteiger partial charge in [0, 0.05) is 0 Å². The molecule has 2 aromatic rings. The maximum absolute atomic E-state index is 11.8. The number of alkyl carbamates (subject to hydrolysis) is 1. The molecule has 0 fully saturated rings. The van der Waals surface area contributed by atoms with E-state index < -0.39 is 17.7 Å². The van der Waals surface area contributed by atoms with Gasteiger partial charge in [0.05, 0.1) is 12.6 Å². The molecular formula is C17H21NO3. The molecule has 112 valence electrons. The monoisotopic (exact) mass is 287 g/mol. The minimum Gasteiger partial charge on any atom is -0.444 e. The van der Waals surface area contributed by atoms with Crippen LogP contribution in [0, 0.1) is 0 Å². The van der Waals surface area contributed by atoms with E-state index in [0.717, 1.165) is 16.3 Å². The van der Waals surface area contributed by atoms with Crippen molar-refractivity contribution in [3.63, 3.8) is 0 Å². The molecule has 0 saturated carbocycles. The molecule has 0 unspecified atom stereocenters. The number of aliphatic hydroxyl groups is 1. The lowest BCUT2D eigenvalue weighted by Crippen LogP contribution is -2.36. The van der Waals surface area contributed by atoms with Crippen LogP contribution < -0.4 is 5.32 Å². The van der Waals surface area contributed by atoms with Gasteiger partial charge in [0.15, 0.2) is 0 Å². The largest absolute Gasteiger partial charge is 0.444 e. The number of rotatable bonds is 3. The molecule has 0 bridgehead atoms. The van der Waals surface area contributed by atoms with E-state index >= 15 is 0 Å². The molecule has 0 saturated heterocycles. The molecule has 0 aromatic heterocycles. The fourth-order valence-electron chi connectivity index (χ4n) is 2.11. The number of ether oxygens (including phenoxy) is 1. The van der Waals surface area contributed by atoms with Gasteiger partial charge in [0.2, 0.25) is 0 Å². The van der Waals surface area contributed by atoms with Crippen molar-refractivity contribution < 1.29 is 14.6 Å². The summed E-state index contributed by atoms with van der Waals surface area (Å²) in [5, 5.41) is 14.4. The van der Waals surface area contributed by atoms with Gasteiger partial charge in [-0.15, -0.1) is 0 Å². The summed E-state index contributed by atoms with van der Waals surface area (Å²) in [6.45, 7) is 5.22. The molecule has 1 atom stereocenters. The Bertz CT molecular complexity index is 631. The molecule has 21 heavy (non-hydrogen) atoms. The van der Waals surface area contributed by atoms with E-state index in [-0.39, 0.29) is 6.61 Å². The zero-order valence-corrected chi connectivity index (χ0v) is 12.6. The zero-order chi connectivity index (χ0) is 15.5. The van der Waals surface area contributed by atoms with Gasteiger partial charge in [-0.25, -0.2) is 4.79 Å². The van der Waals surface area contributed by atoms with E-state index in [1.54, 1.807) is 20.8 Å². The van der Waals surface area contributed by atoms with Crippen LogP contribution in [-0.2, 0) is 4.74 Å². The second-order valence-electron chi connectivity index (χ2n) is 5.99. The van der Waals surface area contributed by atoms with Crippen molar-refractivity contribution in [1.29, 1.82) is 0 Å². The first-order valence-corrected chi connectivity index (χ1v) is 6.98. The maximum Gasteiger partial charge on any atom is 0.408 e. The molecule has 0 heterocycles. The first-order chi connectivity index (χ1) is 9.89. The third kappa shape index (κ3) is 4.20. The predicted octanol–water partition coefficient (Wildman–Crippen LogP) is 3.40. The molecule has 2 rings (SSSR count). The van der Waals surface area contributed by atoms with Gasteiger partial charge in [-0.2, -0.15) is 0 Å².